The third-order valence-electron chi connectivity index (χ3n) is 5.51. The summed E-state index contributed by atoms with van der Waals surface area (Å²) in [7, 11) is 0. The Hall–Kier alpha value is -0.930. The minimum atomic E-state index is -0.144. The standard InChI is InChI=1S/C26H45FO2/c1-2-26(29-23-25-19-15-14-16-20-25)24-28-22-18-13-11-9-7-5-3-4-6-8-10-12-17-21-27/h14-16,19-20,26H,2-13,17-18,21-24H2,1H3. The van der Waals surface area contributed by atoms with Crippen molar-refractivity contribution in [1.82, 2.24) is 0 Å². The summed E-state index contributed by atoms with van der Waals surface area (Å²) in [6.45, 7) is 4.24. The molecule has 0 aliphatic heterocycles. The molecule has 1 rings (SSSR count). The number of unbranched alkanes of at least 4 members (excludes halogenated alkanes) is 12. The van der Waals surface area contributed by atoms with Crippen LogP contribution >= 0.6 is 0 Å². The molecule has 3 heteroatoms. The average molecular weight is 409 g/mol. The Bertz CT molecular complexity index is 438. The Morgan fingerprint density at radius 3 is 1.76 bits per heavy atom. The van der Waals surface area contributed by atoms with Gasteiger partial charge in [-0.15, -0.1) is 0 Å². The van der Waals surface area contributed by atoms with Crippen LogP contribution in [0, 0.1) is 0 Å². The van der Waals surface area contributed by atoms with Crippen molar-refractivity contribution >= 4 is 0 Å². The first kappa shape index (κ1) is 26.1. The predicted molar refractivity (Wildman–Crippen MR) is 122 cm³/mol. The average Bonchev–Trinajstić information content (AvgIpc) is 2.76. The molecule has 0 aliphatic carbocycles. The van der Waals surface area contributed by atoms with E-state index in [0.29, 0.717) is 13.2 Å². The first-order chi connectivity index (χ1) is 14.4. The van der Waals surface area contributed by atoms with Crippen molar-refractivity contribution in [3.05, 3.63) is 35.9 Å². The molecular formula is C26H45FO2. The van der Waals surface area contributed by atoms with Crippen molar-refractivity contribution in [3.63, 3.8) is 0 Å². The second-order valence-electron chi connectivity index (χ2n) is 8.19. The zero-order chi connectivity index (χ0) is 20.8. The van der Waals surface area contributed by atoms with E-state index in [2.05, 4.69) is 31.2 Å². The number of halogens is 1. The first-order valence-corrected chi connectivity index (χ1v) is 12.2. The molecule has 1 unspecified atom stereocenters. The molecule has 168 valence electrons. The number of benzene rings is 1. The first-order valence-electron chi connectivity index (χ1n) is 12.2. The van der Waals surface area contributed by atoms with E-state index in [9.17, 15) is 4.39 Å². The van der Waals surface area contributed by atoms with Gasteiger partial charge < -0.3 is 9.47 Å². The molecule has 0 amide bonds. The number of alkyl halides is 1. The highest BCUT2D eigenvalue weighted by molar-refractivity contribution is 5.13. The molecule has 0 fully saturated rings. The van der Waals surface area contributed by atoms with Crippen molar-refractivity contribution in [3.8, 4) is 0 Å². The van der Waals surface area contributed by atoms with E-state index in [1.54, 1.807) is 0 Å². The van der Waals surface area contributed by atoms with Crippen molar-refractivity contribution < 1.29 is 13.9 Å². The monoisotopic (exact) mass is 408 g/mol. The van der Waals surface area contributed by atoms with Gasteiger partial charge in [0.1, 0.15) is 0 Å². The summed E-state index contributed by atoms with van der Waals surface area (Å²) in [6, 6.07) is 10.3. The maximum atomic E-state index is 12.0. The molecular weight excluding hydrogens is 363 g/mol. The molecule has 0 saturated heterocycles. The van der Waals surface area contributed by atoms with Crippen LogP contribution in [0.5, 0.6) is 0 Å². The van der Waals surface area contributed by atoms with Crippen LogP contribution in [0.1, 0.15) is 102 Å². The fourth-order valence-corrected chi connectivity index (χ4v) is 3.53. The Morgan fingerprint density at radius 2 is 1.24 bits per heavy atom. The van der Waals surface area contributed by atoms with E-state index in [-0.39, 0.29) is 12.8 Å². The van der Waals surface area contributed by atoms with Gasteiger partial charge in [-0.3, -0.25) is 4.39 Å². The summed E-state index contributed by atoms with van der Waals surface area (Å²) >= 11 is 0. The molecule has 1 aromatic rings. The third-order valence-corrected chi connectivity index (χ3v) is 5.51. The Labute approximate surface area is 179 Å². The van der Waals surface area contributed by atoms with Gasteiger partial charge in [0.05, 0.1) is 26.0 Å². The second kappa shape index (κ2) is 20.3. The summed E-state index contributed by atoms with van der Waals surface area (Å²) in [6.07, 6.45) is 17.4. The van der Waals surface area contributed by atoms with Gasteiger partial charge in [-0.1, -0.05) is 108 Å². The lowest BCUT2D eigenvalue weighted by molar-refractivity contribution is -0.0269. The van der Waals surface area contributed by atoms with Crippen LogP contribution in [0.2, 0.25) is 0 Å². The molecule has 1 aromatic carbocycles. The molecule has 2 nitrogen and oxygen atoms in total. The minimum absolute atomic E-state index is 0.144. The molecule has 0 radical (unpaired) electrons. The highest BCUT2D eigenvalue weighted by Crippen LogP contribution is 2.13. The Kier molecular flexibility index (Phi) is 18.3. The van der Waals surface area contributed by atoms with E-state index >= 15 is 0 Å². The van der Waals surface area contributed by atoms with Crippen LogP contribution in [-0.4, -0.2) is 26.0 Å². The van der Waals surface area contributed by atoms with Gasteiger partial charge >= 0.3 is 0 Å². The van der Waals surface area contributed by atoms with Crippen LogP contribution in [0.3, 0.4) is 0 Å². The van der Waals surface area contributed by atoms with Crippen LogP contribution in [0.15, 0.2) is 30.3 Å². The number of rotatable bonds is 21. The van der Waals surface area contributed by atoms with Crippen LogP contribution in [-0.2, 0) is 16.1 Å². The zero-order valence-corrected chi connectivity index (χ0v) is 18.9. The van der Waals surface area contributed by atoms with Gasteiger partial charge in [0, 0.05) is 6.61 Å². The third kappa shape index (κ3) is 16.5. The molecule has 0 heterocycles. The van der Waals surface area contributed by atoms with Crippen LogP contribution in [0.4, 0.5) is 4.39 Å². The minimum Gasteiger partial charge on any atom is -0.379 e. The number of hydrogen-bond acceptors (Lipinski definition) is 2. The summed E-state index contributed by atoms with van der Waals surface area (Å²) in [5.41, 5.74) is 1.22. The van der Waals surface area contributed by atoms with Gasteiger partial charge in [-0.05, 0) is 24.8 Å². The fourth-order valence-electron chi connectivity index (χ4n) is 3.53. The highest BCUT2D eigenvalue weighted by atomic mass is 19.1. The van der Waals surface area contributed by atoms with Crippen LogP contribution < -0.4 is 0 Å². The van der Waals surface area contributed by atoms with Gasteiger partial charge in [0.2, 0.25) is 0 Å². The predicted octanol–water partition coefficient (Wildman–Crippen LogP) is 8.04. The van der Waals surface area contributed by atoms with Crippen molar-refractivity contribution in [1.29, 1.82) is 0 Å². The van der Waals surface area contributed by atoms with E-state index in [4.69, 9.17) is 9.47 Å². The molecule has 1 atom stereocenters. The maximum absolute atomic E-state index is 12.0. The molecule has 0 N–H and O–H groups in total. The normalized spacial score (nSPS) is 12.3. The van der Waals surface area contributed by atoms with E-state index < -0.39 is 0 Å². The van der Waals surface area contributed by atoms with E-state index in [1.807, 2.05) is 6.07 Å². The zero-order valence-electron chi connectivity index (χ0n) is 18.9. The molecule has 0 aliphatic rings. The van der Waals surface area contributed by atoms with Gasteiger partial charge in [-0.2, -0.15) is 0 Å². The van der Waals surface area contributed by atoms with Gasteiger partial charge in [-0.25, -0.2) is 0 Å². The lowest BCUT2D eigenvalue weighted by atomic mass is 10.0. The molecule has 0 aromatic heterocycles. The lowest BCUT2D eigenvalue weighted by Gasteiger charge is -2.16. The summed E-state index contributed by atoms with van der Waals surface area (Å²) in [4.78, 5) is 0. The summed E-state index contributed by atoms with van der Waals surface area (Å²) in [5, 5.41) is 0. The Morgan fingerprint density at radius 1 is 0.724 bits per heavy atom. The SMILES string of the molecule is CCC(COCCCCCCCCCCCCCCCF)OCc1ccccc1. The van der Waals surface area contributed by atoms with Gasteiger partial charge in [0.15, 0.2) is 0 Å². The molecule has 29 heavy (non-hydrogen) atoms. The smallest absolute Gasteiger partial charge is 0.0894 e. The van der Waals surface area contributed by atoms with Crippen molar-refractivity contribution in [2.45, 2.75) is 110 Å². The Balaban J connectivity index is 1.81. The van der Waals surface area contributed by atoms with Crippen molar-refractivity contribution in [2.75, 3.05) is 19.9 Å². The summed E-state index contributed by atoms with van der Waals surface area (Å²) < 4.78 is 23.8. The number of hydrogen-bond donors (Lipinski definition) is 0. The van der Waals surface area contributed by atoms with Crippen molar-refractivity contribution in [2.24, 2.45) is 0 Å². The maximum Gasteiger partial charge on any atom is 0.0894 e. The summed E-state index contributed by atoms with van der Waals surface area (Å²) in [5.74, 6) is 0. The largest absolute Gasteiger partial charge is 0.379 e. The second-order valence-corrected chi connectivity index (χ2v) is 8.19. The van der Waals surface area contributed by atoms with Gasteiger partial charge in [0.25, 0.3) is 0 Å². The highest BCUT2D eigenvalue weighted by Gasteiger charge is 2.07. The fraction of sp³-hybridized carbons (Fsp3) is 0.769. The van der Waals surface area contributed by atoms with Crippen LogP contribution in [0.25, 0.3) is 0 Å². The molecule has 0 saturated carbocycles. The van der Waals surface area contributed by atoms with E-state index in [0.717, 1.165) is 32.3 Å². The van der Waals surface area contributed by atoms with E-state index in [1.165, 1.54) is 69.8 Å². The topological polar surface area (TPSA) is 18.5 Å². The molecule has 0 spiro atoms. The quantitative estimate of drug-likeness (QED) is 0.192. The number of ether oxygens (including phenoxy) is 2. The molecule has 0 bridgehead atoms. The lowest BCUT2D eigenvalue weighted by Crippen LogP contribution is -2.19.